The predicted octanol–water partition coefficient (Wildman–Crippen LogP) is 3.56. The third kappa shape index (κ3) is 2.97. The number of amides is 1. The number of rotatable bonds is 2. The Bertz CT molecular complexity index is 671. The zero-order chi connectivity index (χ0) is 14.8. The maximum absolute atomic E-state index is 12.7. The molecule has 0 spiro atoms. The first-order chi connectivity index (χ1) is 10.2. The van der Waals surface area contributed by atoms with Gasteiger partial charge in [0.1, 0.15) is 0 Å². The van der Waals surface area contributed by atoms with E-state index in [4.69, 9.17) is 5.73 Å². The lowest BCUT2D eigenvalue weighted by atomic mass is 10.00. The van der Waals surface area contributed by atoms with Crippen LogP contribution in [0.5, 0.6) is 0 Å². The van der Waals surface area contributed by atoms with Gasteiger partial charge in [-0.1, -0.05) is 28.1 Å². The number of likely N-dealkylation sites (tertiary alicyclic amines) is 1. The van der Waals surface area contributed by atoms with Crippen molar-refractivity contribution in [3.05, 3.63) is 46.4 Å². The normalized spacial score (nSPS) is 19.0. The average molecular weight is 347 g/mol. The molecule has 1 aliphatic rings. The lowest BCUT2D eigenvalue weighted by molar-refractivity contribution is 0.0623. The highest BCUT2D eigenvalue weighted by molar-refractivity contribution is 9.10. The van der Waals surface area contributed by atoms with E-state index in [1.165, 1.54) is 0 Å². The molecule has 1 atom stereocenters. The molecule has 0 aliphatic carbocycles. The van der Waals surface area contributed by atoms with E-state index in [1.54, 1.807) is 0 Å². The van der Waals surface area contributed by atoms with Crippen molar-refractivity contribution in [3.63, 3.8) is 0 Å². The highest BCUT2D eigenvalue weighted by Crippen LogP contribution is 2.23. The monoisotopic (exact) mass is 346 g/mol. The average Bonchev–Trinajstić information content (AvgIpc) is 2.53. The standard InChI is InChI=1S/C17H19BrN2O/c18-15-7-6-12-9-14(5-4-13(12)10-15)17(21)20-8-2-1-3-16(20)11-19/h4-7,9-10,16H,1-3,8,11,19H2. The van der Waals surface area contributed by atoms with Crippen molar-refractivity contribution in [2.24, 2.45) is 5.73 Å². The summed E-state index contributed by atoms with van der Waals surface area (Å²) in [5, 5.41) is 2.22. The van der Waals surface area contributed by atoms with E-state index in [0.29, 0.717) is 6.54 Å². The number of carbonyl (C=O) groups is 1. The molecule has 21 heavy (non-hydrogen) atoms. The van der Waals surface area contributed by atoms with E-state index in [0.717, 1.165) is 46.6 Å². The molecule has 1 unspecified atom stereocenters. The minimum atomic E-state index is 0.106. The van der Waals surface area contributed by atoms with Crippen LogP contribution in [0.15, 0.2) is 40.9 Å². The number of nitrogens with two attached hydrogens (primary N) is 1. The minimum Gasteiger partial charge on any atom is -0.334 e. The summed E-state index contributed by atoms with van der Waals surface area (Å²) in [4.78, 5) is 14.7. The van der Waals surface area contributed by atoms with Gasteiger partial charge in [-0.2, -0.15) is 0 Å². The molecular weight excluding hydrogens is 328 g/mol. The van der Waals surface area contributed by atoms with E-state index in [1.807, 2.05) is 35.2 Å². The Morgan fingerprint density at radius 2 is 1.95 bits per heavy atom. The molecule has 1 heterocycles. The van der Waals surface area contributed by atoms with Gasteiger partial charge in [0.05, 0.1) is 0 Å². The van der Waals surface area contributed by atoms with Crippen molar-refractivity contribution in [2.45, 2.75) is 25.3 Å². The molecule has 1 fully saturated rings. The van der Waals surface area contributed by atoms with E-state index >= 15 is 0 Å². The first-order valence-electron chi connectivity index (χ1n) is 7.39. The quantitative estimate of drug-likeness (QED) is 0.903. The molecule has 1 amide bonds. The lowest BCUT2D eigenvalue weighted by Gasteiger charge is -2.35. The van der Waals surface area contributed by atoms with Crippen molar-refractivity contribution >= 4 is 32.6 Å². The van der Waals surface area contributed by atoms with Crippen LogP contribution in [0, 0.1) is 0 Å². The fraction of sp³-hybridized carbons (Fsp3) is 0.353. The van der Waals surface area contributed by atoms with E-state index < -0.39 is 0 Å². The van der Waals surface area contributed by atoms with E-state index in [9.17, 15) is 4.79 Å². The number of nitrogens with zero attached hydrogens (tertiary/aromatic N) is 1. The molecular formula is C17H19BrN2O. The van der Waals surface area contributed by atoms with Crippen molar-refractivity contribution in [2.75, 3.05) is 13.1 Å². The molecule has 2 aromatic carbocycles. The summed E-state index contributed by atoms with van der Waals surface area (Å²) in [5.41, 5.74) is 6.57. The van der Waals surface area contributed by atoms with Gasteiger partial charge in [-0.25, -0.2) is 0 Å². The molecule has 0 bridgehead atoms. The van der Waals surface area contributed by atoms with Crippen LogP contribution in [-0.4, -0.2) is 29.9 Å². The summed E-state index contributed by atoms with van der Waals surface area (Å²) in [6.07, 6.45) is 3.25. The zero-order valence-electron chi connectivity index (χ0n) is 11.9. The van der Waals surface area contributed by atoms with E-state index in [-0.39, 0.29) is 11.9 Å². The second-order valence-corrected chi connectivity index (χ2v) is 6.51. The predicted molar refractivity (Wildman–Crippen MR) is 89.4 cm³/mol. The fourth-order valence-corrected chi connectivity index (χ4v) is 3.41. The van der Waals surface area contributed by atoms with Crippen LogP contribution < -0.4 is 5.73 Å². The SMILES string of the molecule is NCC1CCCCN1C(=O)c1ccc2cc(Br)ccc2c1. The summed E-state index contributed by atoms with van der Waals surface area (Å²) in [5.74, 6) is 0.106. The first kappa shape index (κ1) is 14.5. The number of benzene rings is 2. The van der Waals surface area contributed by atoms with Gasteiger partial charge in [-0.05, 0) is 54.3 Å². The van der Waals surface area contributed by atoms with Gasteiger partial charge in [0.2, 0.25) is 0 Å². The van der Waals surface area contributed by atoms with Crippen LogP contribution in [0.2, 0.25) is 0 Å². The van der Waals surface area contributed by atoms with Gasteiger partial charge in [0, 0.05) is 29.2 Å². The Hall–Kier alpha value is -1.39. The molecule has 3 rings (SSSR count). The molecule has 4 heteroatoms. The Labute approximate surface area is 133 Å². The Morgan fingerprint density at radius 1 is 1.19 bits per heavy atom. The number of hydrogen-bond acceptors (Lipinski definition) is 2. The largest absolute Gasteiger partial charge is 0.334 e. The number of hydrogen-bond donors (Lipinski definition) is 1. The molecule has 0 radical (unpaired) electrons. The van der Waals surface area contributed by atoms with Gasteiger partial charge in [0.25, 0.3) is 5.91 Å². The van der Waals surface area contributed by atoms with Gasteiger partial charge >= 0.3 is 0 Å². The molecule has 1 aliphatic heterocycles. The fourth-order valence-electron chi connectivity index (χ4n) is 3.03. The number of piperidine rings is 1. The van der Waals surface area contributed by atoms with Crippen molar-refractivity contribution in [1.29, 1.82) is 0 Å². The first-order valence-corrected chi connectivity index (χ1v) is 8.18. The highest BCUT2D eigenvalue weighted by Gasteiger charge is 2.26. The van der Waals surface area contributed by atoms with Gasteiger partial charge in [-0.3, -0.25) is 4.79 Å². The lowest BCUT2D eigenvalue weighted by Crippen LogP contribution is -2.47. The number of fused-ring (bicyclic) bond motifs is 1. The maximum atomic E-state index is 12.7. The van der Waals surface area contributed by atoms with Gasteiger partial charge in [-0.15, -0.1) is 0 Å². The summed E-state index contributed by atoms with van der Waals surface area (Å²) in [6.45, 7) is 1.37. The van der Waals surface area contributed by atoms with Gasteiger partial charge in [0.15, 0.2) is 0 Å². The number of carbonyl (C=O) groups excluding carboxylic acids is 1. The zero-order valence-corrected chi connectivity index (χ0v) is 13.5. The van der Waals surface area contributed by atoms with Gasteiger partial charge < -0.3 is 10.6 Å². The van der Waals surface area contributed by atoms with Crippen LogP contribution >= 0.6 is 15.9 Å². The third-order valence-electron chi connectivity index (χ3n) is 4.21. The summed E-state index contributed by atoms with van der Waals surface area (Å²) in [7, 11) is 0. The molecule has 2 aromatic rings. The highest BCUT2D eigenvalue weighted by atomic mass is 79.9. The molecule has 110 valence electrons. The Kier molecular flexibility index (Phi) is 4.27. The second-order valence-electron chi connectivity index (χ2n) is 5.59. The second kappa shape index (κ2) is 6.16. The minimum absolute atomic E-state index is 0.106. The van der Waals surface area contributed by atoms with Crippen LogP contribution in [0.25, 0.3) is 10.8 Å². The molecule has 2 N–H and O–H groups in total. The summed E-state index contributed by atoms with van der Waals surface area (Å²) >= 11 is 3.47. The summed E-state index contributed by atoms with van der Waals surface area (Å²) in [6, 6.07) is 12.2. The smallest absolute Gasteiger partial charge is 0.254 e. The third-order valence-corrected chi connectivity index (χ3v) is 4.70. The topological polar surface area (TPSA) is 46.3 Å². The van der Waals surface area contributed by atoms with Crippen LogP contribution in [0.1, 0.15) is 29.6 Å². The van der Waals surface area contributed by atoms with Crippen molar-refractivity contribution < 1.29 is 4.79 Å². The molecule has 0 aromatic heterocycles. The molecule has 0 saturated carbocycles. The number of halogens is 1. The Balaban J connectivity index is 1.91. The van der Waals surface area contributed by atoms with Crippen LogP contribution in [0.4, 0.5) is 0 Å². The molecule has 3 nitrogen and oxygen atoms in total. The molecule has 1 saturated heterocycles. The maximum Gasteiger partial charge on any atom is 0.254 e. The van der Waals surface area contributed by atoms with E-state index in [2.05, 4.69) is 22.0 Å². The van der Waals surface area contributed by atoms with Crippen molar-refractivity contribution in [3.8, 4) is 0 Å². The Morgan fingerprint density at radius 3 is 2.76 bits per heavy atom. The summed E-state index contributed by atoms with van der Waals surface area (Å²) < 4.78 is 1.05. The van der Waals surface area contributed by atoms with Crippen LogP contribution in [0.3, 0.4) is 0 Å². The van der Waals surface area contributed by atoms with Crippen molar-refractivity contribution in [1.82, 2.24) is 4.90 Å². The van der Waals surface area contributed by atoms with Crippen LogP contribution in [-0.2, 0) is 0 Å².